The van der Waals surface area contributed by atoms with Gasteiger partial charge >= 0.3 is 6.03 Å². The van der Waals surface area contributed by atoms with Gasteiger partial charge in [0.15, 0.2) is 0 Å². The summed E-state index contributed by atoms with van der Waals surface area (Å²) in [5.74, 6) is 1.34. The number of benzene rings is 1. The number of ether oxygens (including phenoxy) is 2. The zero-order valence-corrected chi connectivity index (χ0v) is 14.4. The lowest BCUT2D eigenvalue weighted by Gasteiger charge is -2.34. The molecule has 1 saturated heterocycles. The van der Waals surface area contributed by atoms with E-state index >= 15 is 0 Å². The Balaban J connectivity index is 1.53. The fraction of sp³-hybridized carbons (Fsp3) is 0.632. The van der Waals surface area contributed by atoms with Gasteiger partial charge in [-0.1, -0.05) is 24.6 Å². The maximum Gasteiger partial charge on any atom is 0.317 e. The van der Waals surface area contributed by atoms with Gasteiger partial charge in [0.25, 0.3) is 0 Å². The standard InChI is InChI=1S/C19H28N2O3/c1-21(13-15-11-12-23-14-15)19(22)20-17-9-5-6-10-18(17)24-16-7-3-2-4-8-16/h2-4,7-8,15,17-18H,5-6,9-14H2,1H3,(H,20,22)/t15-,17-,18-/m0/s1. The second kappa shape index (κ2) is 8.38. The summed E-state index contributed by atoms with van der Waals surface area (Å²) in [5.41, 5.74) is 0. The predicted octanol–water partition coefficient (Wildman–Crippen LogP) is 3.05. The van der Waals surface area contributed by atoms with Gasteiger partial charge in [0, 0.05) is 26.1 Å². The average molecular weight is 332 g/mol. The average Bonchev–Trinajstić information content (AvgIpc) is 3.10. The molecule has 3 rings (SSSR count). The first kappa shape index (κ1) is 17.1. The lowest BCUT2D eigenvalue weighted by atomic mass is 9.92. The van der Waals surface area contributed by atoms with Crippen LogP contribution in [0.1, 0.15) is 32.1 Å². The fourth-order valence-electron chi connectivity index (χ4n) is 3.54. The van der Waals surface area contributed by atoms with Crippen molar-refractivity contribution in [1.82, 2.24) is 10.2 Å². The smallest absolute Gasteiger partial charge is 0.317 e. The van der Waals surface area contributed by atoms with Gasteiger partial charge in [-0.2, -0.15) is 0 Å². The Kier molecular flexibility index (Phi) is 5.96. The normalized spacial score (nSPS) is 26.8. The Morgan fingerprint density at radius 1 is 1.25 bits per heavy atom. The topological polar surface area (TPSA) is 50.8 Å². The molecule has 1 heterocycles. The highest BCUT2D eigenvalue weighted by atomic mass is 16.5. The van der Waals surface area contributed by atoms with E-state index in [2.05, 4.69) is 5.32 Å². The third kappa shape index (κ3) is 4.63. The van der Waals surface area contributed by atoms with Gasteiger partial charge in [0.05, 0.1) is 12.6 Å². The summed E-state index contributed by atoms with van der Waals surface area (Å²) in [6.07, 6.45) is 5.34. The molecule has 2 fully saturated rings. The Labute approximate surface area is 144 Å². The third-order valence-corrected chi connectivity index (χ3v) is 4.94. The SMILES string of the molecule is CN(C[C@@H]1CCOC1)C(=O)N[C@H]1CCCC[C@@H]1Oc1ccccc1. The van der Waals surface area contributed by atoms with Crippen molar-refractivity contribution in [2.45, 2.75) is 44.2 Å². The quantitative estimate of drug-likeness (QED) is 0.901. The van der Waals surface area contributed by atoms with E-state index in [0.717, 1.165) is 57.6 Å². The second-order valence-corrected chi connectivity index (χ2v) is 6.92. The van der Waals surface area contributed by atoms with Crippen LogP contribution in [0.3, 0.4) is 0 Å². The minimum atomic E-state index is -0.00420. The summed E-state index contributed by atoms with van der Waals surface area (Å²) in [6, 6.07) is 9.95. The molecule has 3 atom stereocenters. The summed E-state index contributed by atoms with van der Waals surface area (Å²) in [6.45, 7) is 2.33. The molecule has 1 aliphatic heterocycles. The van der Waals surface area contributed by atoms with Crippen LogP contribution in [-0.4, -0.2) is 49.9 Å². The van der Waals surface area contributed by atoms with Crippen molar-refractivity contribution in [3.63, 3.8) is 0 Å². The van der Waals surface area contributed by atoms with E-state index in [1.165, 1.54) is 0 Å². The minimum absolute atomic E-state index is 0.00420. The van der Waals surface area contributed by atoms with Gasteiger partial charge in [0.1, 0.15) is 11.9 Å². The van der Waals surface area contributed by atoms with E-state index in [4.69, 9.17) is 9.47 Å². The van der Waals surface area contributed by atoms with Crippen LogP contribution in [0.25, 0.3) is 0 Å². The predicted molar refractivity (Wildman–Crippen MR) is 93.2 cm³/mol. The van der Waals surface area contributed by atoms with Crippen LogP contribution in [0.5, 0.6) is 5.75 Å². The fourth-order valence-corrected chi connectivity index (χ4v) is 3.54. The number of hydrogen-bond donors (Lipinski definition) is 1. The highest BCUT2D eigenvalue weighted by molar-refractivity contribution is 5.74. The van der Waals surface area contributed by atoms with Gasteiger partial charge in [-0.15, -0.1) is 0 Å². The van der Waals surface area contributed by atoms with Crippen LogP contribution < -0.4 is 10.1 Å². The van der Waals surface area contributed by atoms with Crippen LogP contribution in [0.15, 0.2) is 30.3 Å². The number of amides is 2. The van der Waals surface area contributed by atoms with Crippen LogP contribution in [0.4, 0.5) is 4.79 Å². The maximum absolute atomic E-state index is 12.5. The molecule has 0 spiro atoms. The van der Waals surface area contributed by atoms with E-state index in [0.29, 0.717) is 5.92 Å². The Hall–Kier alpha value is -1.75. The van der Waals surface area contributed by atoms with Crippen molar-refractivity contribution in [3.8, 4) is 5.75 Å². The minimum Gasteiger partial charge on any atom is -0.488 e. The van der Waals surface area contributed by atoms with Crippen molar-refractivity contribution in [2.75, 3.05) is 26.8 Å². The number of urea groups is 1. The van der Waals surface area contributed by atoms with Crippen LogP contribution in [0.2, 0.25) is 0 Å². The molecular weight excluding hydrogens is 304 g/mol. The highest BCUT2D eigenvalue weighted by Gasteiger charge is 2.29. The Bertz CT molecular complexity index is 517. The lowest BCUT2D eigenvalue weighted by Crippen LogP contribution is -2.51. The molecule has 1 N–H and O–H groups in total. The van der Waals surface area contributed by atoms with E-state index in [9.17, 15) is 4.79 Å². The summed E-state index contributed by atoms with van der Waals surface area (Å²) in [7, 11) is 1.86. The number of para-hydroxylation sites is 1. The molecule has 1 saturated carbocycles. The first-order valence-corrected chi connectivity index (χ1v) is 9.03. The molecule has 1 aromatic rings. The molecule has 0 aromatic heterocycles. The molecular formula is C19H28N2O3. The summed E-state index contributed by atoms with van der Waals surface area (Å²) in [5, 5.41) is 3.18. The molecule has 5 heteroatoms. The van der Waals surface area contributed by atoms with Crippen molar-refractivity contribution < 1.29 is 14.3 Å². The third-order valence-electron chi connectivity index (χ3n) is 4.94. The number of rotatable bonds is 5. The first-order chi connectivity index (χ1) is 11.7. The molecule has 0 bridgehead atoms. The lowest BCUT2D eigenvalue weighted by molar-refractivity contribution is 0.110. The van der Waals surface area contributed by atoms with E-state index < -0.39 is 0 Å². The maximum atomic E-state index is 12.5. The Morgan fingerprint density at radius 3 is 2.79 bits per heavy atom. The van der Waals surface area contributed by atoms with Crippen molar-refractivity contribution in [3.05, 3.63) is 30.3 Å². The van der Waals surface area contributed by atoms with E-state index in [-0.39, 0.29) is 18.2 Å². The zero-order valence-electron chi connectivity index (χ0n) is 14.4. The van der Waals surface area contributed by atoms with Gasteiger partial charge in [0.2, 0.25) is 0 Å². The molecule has 2 amide bonds. The summed E-state index contributed by atoms with van der Waals surface area (Å²) >= 11 is 0. The van der Waals surface area contributed by atoms with Gasteiger partial charge in [-0.05, 0) is 37.8 Å². The van der Waals surface area contributed by atoms with Crippen LogP contribution >= 0.6 is 0 Å². The molecule has 5 nitrogen and oxygen atoms in total. The van der Waals surface area contributed by atoms with Gasteiger partial charge < -0.3 is 19.7 Å². The molecule has 1 aliphatic carbocycles. The van der Waals surface area contributed by atoms with Gasteiger partial charge in [-0.25, -0.2) is 4.79 Å². The van der Waals surface area contributed by atoms with E-state index in [1.54, 1.807) is 4.90 Å². The number of hydrogen-bond acceptors (Lipinski definition) is 3. The van der Waals surface area contributed by atoms with Gasteiger partial charge in [-0.3, -0.25) is 0 Å². The zero-order chi connectivity index (χ0) is 16.8. The number of nitrogens with one attached hydrogen (secondary N) is 1. The highest BCUT2D eigenvalue weighted by Crippen LogP contribution is 2.24. The molecule has 24 heavy (non-hydrogen) atoms. The second-order valence-electron chi connectivity index (χ2n) is 6.92. The first-order valence-electron chi connectivity index (χ1n) is 9.03. The van der Waals surface area contributed by atoms with E-state index in [1.807, 2.05) is 37.4 Å². The van der Waals surface area contributed by atoms with Crippen molar-refractivity contribution >= 4 is 6.03 Å². The van der Waals surface area contributed by atoms with Crippen LogP contribution in [0, 0.1) is 5.92 Å². The number of carbonyl (C=O) groups is 1. The molecule has 2 aliphatic rings. The summed E-state index contributed by atoms with van der Waals surface area (Å²) in [4.78, 5) is 14.3. The number of nitrogens with zero attached hydrogens (tertiary/aromatic N) is 1. The molecule has 0 unspecified atom stereocenters. The van der Waals surface area contributed by atoms with Crippen LogP contribution in [-0.2, 0) is 4.74 Å². The molecule has 0 radical (unpaired) electrons. The summed E-state index contributed by atoms with van der Waals surface area (Å²) < 4.78 is 11.5. The van der Waals surface area contributed by atoms with Crippen molar-refractivity contribution in [1.29, 1.82) is 0 Å². The monoisotopic (exact) mass is 332 g/mol. The number of carbonyl (C=O) groups excluding carboxylic acids is 1. The molecule has 1 aromatic carbocycles. The van der Waals surface area contributed by atoms with Crippen molar-refractivity contribution in [2.24, 2.45) is 5.92 Å². The Morgan fingerprint density at radius 2 is 2.04 bits per heavy atom. The largest absolute Gasteiger partial charge is 0.488 e. The molecule has 132 valence electrons.